The van der Waals surface area contributed by atoms with Gasteiger partial charge in [-0.05, 0) is 49.8 Å². The number of benzene rings is 2. The summed E-state index contributed by atoms with van der Waals surface area (Å²) in [5, 5.41) is 10.0. The number of hydrogen-bond donors (Lipinski definition) is 1. The fourth-order valence-electron chi connectivity index (χ4n) is 4.30. The Kier molecular flexibility index (Phi) is 5.61. The van der Waals surface area contributed by atoms with Crippen molar-refractivity contribution >= 4 is 32.3 Å². The molecule has 1 atom stereocenters. The number of carbonyl (C=O) groups is 1. The number of hydrogen-bond acceptors (Lipinski definition) is 5. The first-order valence-electron chi connectivity index (χ1n) is 10.5. The molecule has 0 fully saturated rings. The van der Waals surface area contributed by atoms with Crippen LogP contribution in [0.1, 0.15) is 46.6 Å². The molecular weight excluding hydrogens is 438 g/mol. The number of methoxy groups -OCH3 is 1. The second-order valence-corrected chi connectivity index (χ2v) is 11.3. The number of nitrogens with one attached hydrogen (secondary N) is 1. The molecule has 1 heterocycles. The molecule has 0 saturated carbocycles. The van der Waals surface area contributed by atoms with Gasteiger partial charge >= 0.3 is 0 Å². The second-order valence-electron chi connectivity index (χ2n) is 8.84. The first-order valence-corrected chi connectivity index (χ1v) is 12.2. The van der Waals surface area contributed by atoms with Crippen LogP contribution in [-0.2, 0) is 19.9 Å². The van der Waals surface area contributed by atoms with Crippen LogP contribution in [0.15, 0.2) is 35.2 Å². The Labute approximate surface area is 194 Å². The molecule has 172 valence electrons. The van der Waals surface area contributed by atoms with Gasteiger partial charge in [-0.25, -0.2) is 8.51 Å². The summed E-state index contributed by atoms with van der Waals surface area (Å²) in [4.78, 5) is 17.5. The Hall–Kier alpha value is -3.12. The first-order chi connectivity index (χ1) is 15.5. The van der Waals surface area contributed by atoms with Crippen LogP contribution in [0.4, 0.5) is 0 Å². The van der Waals surface area contributed by atoms with Crippen LogP contribution in [0.5, 0.6) is 5.75 Å². The number of nitrogens with zero attached hydrogens (tertiary/aromatic N) is 2. The molecule has 4 rings (SSSR count). The molecule has 0 aliphatic heterocycles. The topological polar surface area (TPSA) is 95.4 Å². The lowest BCUT2D eigenvalue weighted by molar-refractivity contribution is 0.103. The summed E-state index contributed by atoms with van der Waals surface area (Å²) >= 11 is 0. The van der Waals surface area contributed by atoms with Crippen LogP contribution in [-0.4, -0.2) is 59.6 Å². The molecule has 33 heavy (non-hydrogen) atoms. The third-order valence-electron chi connectivity index (χ3n) is 6.26. The second kappa shape index (κ2) is 8.03. The van der Waals surface area contributed by atoms with E-state index in [-0.39, 0.29) is 12.4 Å². The van der Waals surface area contributed by atoms with E-state index >= 15 is 0 Å². The summed E-state index contributed by atoms with van der Waals surface area (Å²) in [6.45, 7) is 4.70. The molecule has 3 aromatic rings. The number of fused-ring (bicyclic) bond motifs is 4. The van der Waals surface area contributed by atoms with Crippen molar-refractivity contribution in [1.82, 2.24) is 9.29 Å². The van der Waals surface area contributed by atoms with Crippen LogP contribution >= 0.6 is 0 Å². The average molecular weight is 466 g/mol. The maximum Gasteiger partial charge on any atom is 0.195 e. The number of ketones is 1. The van der Waals surface area contributed by atoms with Crippen molar-refractivity contribution in [3.63, 3.8) is 0 Å². The molecule has 0 radical (unpaired) electrons. The number of H-pyrrole nitrogens is 1. The number of aromatic amines is 1. The highest BCUT2D eigenvalue weighted by Gasteiger charge is 2.41. The van der Waals surface area contributed by atoms with Crippen molar-refractivity contribution < 1.29 is 18.5 Å². The largest absolute Gasteiger partial charge is 0.490 e. The number of carbonyl (C=O) groups excluding carboxylic acids is 1. The Bertz CT molecular complexity index is 1430. The van der Waals surface area contributed by atoms with Gasteiger partial charge < -0.3 is 14.5 Å². The van der Waals surface area contributed by atoms with Crippen molar-refractivity contribution in [2.24, 2.45) is 0 Å². The standard InChI is InChI=1S/C25H27N3O4S/c1-25(2)18-13-20(32-10-9-31-5)21(33(6,30)28(3)4)12-17(18)23(29)22-16-8-7-15(14-26)11-19(16)27-24(22)25/h7-8,11-13,27H,6,9-10H2,1-5H3. The van der Waals surface area contributed by atoms with Gasteiger partial charge in [-0.2, -0.15) is 5.26 Å². The maximum atomic E-state index is 13.8. The molecule has 1 N–H and O–H groups in total. The van der Waals surface area contributed by atoms with E-state index in [0.717, 1.165) is 22.2 Å². The van der Waals surface area contributed by atoms with E-state index in [2.05, 4.69) is 16.9 Å². The molecule has 1 unspecified atom stereocenters. The summed E-state index contributed by atoms with van der Waals surface area (Å²) in [5.74, 6) is 4.20. The van der Waals surface area contributed by atoms with E-state index in [9.17, 15) is 14.3 Å². The minimum atomic E-state index is -2.88. The number of ether oxygens (including phenoxy) is 2. The van der Waals surface area contributed by atoms with Gasteiger partial charge in [0.25, 0.3) is 0 Å². The Morgan fingerprint density at radius 1 is 1.21 bits per heavy atom. The lowest BCUT2D eigenvalue weighted by Crippen LogP contribution is -2.31. The Balaban J connectivity index is 1.99. The van der Waals surface area contributed by atoms with E-state index < -0.39 is 15.1 Å². The SMILES string of the molecule is C=S(=O)(c1cc2c(cc1OCCOC)C(C)(C)c1[nH]c3cc(C#N)ccc3c1C2=O)N(C)C. The molecule has 1 aromatic heterocycles. The molecule has 1 aliphatic carbocycles. The van der Waals surface area contributed by atoms with Crippen molar-refractivity contribution in [2.45, 2.75) is 24.2 Å². The molecule has 2 aromatic carbocycles. The van der Waals surface area contributed by atoms with E-state index in [0.29, 0.717) is 33.9 Å². The maximum absolute atomic E-state index is 13.8. The van der Waals surface area contributed by atoms with Gasteiger partial charge in [-0.15, -0.1) is 0 Å². The van der Waals surface area contributed by atoms with Gasteiger partial charge in [0, 0.05) is 34.7 Å². The smallest absolute Gasteiger partial charge is 0.195 e. The fourth-order valence-corrected chi connectivity index (χ4v) is 5.43. The minimum Gasteiger partial charge on any atom is -0.490 e. The monoisotopic (exact) mass is 465 g/mol. The minimum absolute atomic E-state index is 0.158. The Morgan fingerprint density at radius 2 is 1.94 bits per heavy atom. The van der Waals surface area contributed by atoms with Crippen molar-refractivity contribution in [2.75, 3.05) is 34.4 Å². The third kappa shape index (κ3) is 3.53. The summed E-state index contributed by atoms with van der Waals surface area (Å²) in [6.07, 6.45) is 0. The van der Waals surface area contributed by atoms with Gasteiger partial charge in [0.15, 0.2) is 5.78 Å². The van der Waals surface area contributed by atoms with Gasteiger partial charge in [0.2, 0.25) is 0 Å². The summed E-state index contributed by atoms with van der Waals surface area (Å²) in [6, 6.07) is 10.9. The quantitative estimate of drug-likeness (QED) is 0.444. The van der Waals surface area contributed by atoms with Crippen LogP contribution in [0.3, 0.4) is 0 Å². The fraction of sp³-hybridized carbons (Fsp3) is 0.320. The van der Waals surface area contributed by atoms with E-state index in [4.69, 9.17) is 9.47 Å². The first kappa shape index (κ1) is 23.1. The predicted molar refractivity (Wildman–Crippen MR) is 130 cm³/mol. The van der Waals surface area contributed by atoms with Gasteiger partial charge in [0.05, 0.1) is 38.4 Å². The average Bonchev–Trinajstić information content (AvgIpc) is 3.17. The number of aromatic nitrogens is 1. The highest BCUT2D eigenvalue weighted by atomic mass is 32.2. The van der Waals surface area contributed by atoms with E-state index in [1.165, 1.54) is 4.31 Å². The summed E-state index contributed by atoms with van der Waals surface area (Å²) in [7, 11) is 2.07. The van der Waals surface area contributed by atoms with E-state index in [1.807, 2.05) is 19.9 Å². The van der Waals surface area contributed by atoms with Crippen molar-refractivity contribution in [1.29, 1.82) is 5.26 Å². The summed E-state index contributed by atoms with van der Waals surface area (Å²) in [5.41, 5.74) is 3.29. The highest BCUT2D eigenvalue weighted by molar-refractivity contribution is 7.98. The van der Waals surface area contributed by atoms with Crippen LogP contribution in [0.25, 0.3) is 10.9 Å². The zero-order chi connectivity index (χ0) is 24.1. The van der Waals surface area contributed by atoms with Crippen LogP contribution < -0.4 is 4.74 Å². The van der Waals surface area contributed by atoms with Crippen molar-refractivity contribution in [3.8, 4) is 11.8 Å². The molecule has 0 bridgehead atoms. The Morgan fingerprint density at radius 3 is 2.58 bits per heavy atom. The van der Waals surface area contributed by atoms with Gasteiger partial charge in [-0.3, -0.25) is 4.79 Å². The molecule has 0 amide bonds. The zero-order valence-electron chi connectivity index (χ0n) is 19.4. The predicted octanol–water partition coefficient (Wildman–Crippen LogP) is 3.49. The number of nitriles is 1. The van der Waals surface area contributed by atoms with Gasteiger partial charge in [-0.1, -0.05) is 19.9 Å². The van der Waals surface area contributed by atoms with Crippen LogP contribution in [0.2, 0.25) is 0 Å². The van der Waals surface area contributed by atoms with E-state index in [1.54, 1.807) is 45.5 Å². The molecule has 1 aliphatic rings. The molecule has 7 nitrogen and oxygen atoms in total. The molecule has 8 heteroatoms. The third-order valence-corrected chi connectivity index (χ3v) is 8.45. The normalized spacial score (nSPS) is 16.2. The highest BCUT2D eigenvalue weighted by Crippen LogP contribution is 2.46. The van der Waals surface area contributed by atoms with Crippen molar-refractivity contribution in [3.05, 3.63) is 58.3 Å². The van der Waals surface area contributed by atoms with Gasteiger partial charge in [0.1, 0.15) is 12.4 Å². The lowest BCUT2D eigenvalue weighted by atomic mass is 9.71. The zero-order valence-corrected chi connectivity index (χ0v) is 20.3. The summed E-state index contributed by atoms with van der Waals surface area (Å²) < 4.78 is 26.1. The molecule has 0 saturated heterocycles. The van der Waals surface area contributed by atoms with Crippen LogP contribution in [0, 0.1) is 11.3 Å². The number of rotatable bonds is 6. The molecular formula is C25H27N3O4S. The lowest BCUT2D eigenvalue weighted by Gasteiger charge is -2.33. The molecule has 0 spiro atoms.